The van der Waals surface area contributed by atoms with E-state index in [9.17, 15) is 18.0 Å². The van der Waals surface area contributed by atoms with Crippen molar-refractivity contribution < 1.29 is 32.4 Å². The van der Waals surface area contributed by atoms with Crippen molar-refractivity contribution in [1.29, 1.82) is 0 Å². The van der Waals surface area contributed by atoms with Crippen LogP contribution in [0.5, 0.6) is 0 Å². The molecule has 0 aromatic carbocycles. The molecule has 0 heterocycles. The summed E-state index contributed by atoms with van der Waals surface area (Å²) in [7, 11) is -4.77. The Labute approximate surface area is 112 Å². The molecule has 0 radical (unpaired) electrons. The fourth-order valence-electron chi connectivity index (χ4n) is 1.39. The van der Waals surface area contributed by atoms with Crippen LogP contribution in [-0.2, 0) is 24.4 Å². The van der Waals surface area contributed by atoms with Gasteiger partial charge >= 0.3 is 11.9 Å². The molecule has 19 heavy (non-hydrogen) atoms. The van der Waals surface area contributed by atoms with Gasteiger partial charge in [-0.05, 0) is 18.8 Å². The summed E-state index contributed by atoms with van der Waals surface area (Å²) in [5, 5.41) is 6.42. The highest BCUT2D eigenvalue weighted by Gasteiger charge is 2.34. The molecule has 0 aliphatic carbocycles. The number of unbranched alkanes of at least 4 members (excludes halogenated alkanes) is 1. The lowest BCUT2D eigenvalue weighted by Crippen LogP contribution is -2.34. The van der Waals surface area contributed by atoms with Crippen molar-refractivity contribution in [3.8, 4) is 0 Å². The Kier molecular flexibility index (Phi) is 7.62. The van der Waals surface area contributed by atoms with E-state index in [1.165, 1.54) is 0 Å². The lowest BCUT2D eigenvalue weighted by atomic mass is 10.1. The van der Waals surface area contributed by atoms with Gasteiger partial charge in [0.25, 0.3) is 10.1 Å². The normalized spacial score (nSPS) is 13.3. The van der Waals surface area contributed by atoms with Gasteiger partial charge in [0, 0.05) is 0 Å². The predicted molar refractivity (Wildman–Crippen MR) is 67.2 cm³/mol. The van der Waals surface area contributed by atoms with E-state index in [1.807, 2.05) is 13.8 Å². The van der Waals surface area contributed by atoms with Crippen LogP contribution in [-0.4, -0.2) is 41.9 Å². The number of carbonyl (C=O) groups excluding carboxylic acids is 1. The lowest BCUT2D eigenvalue weighted by molar-refractivity contribution is -0.147. The molecule has 8 heteroatoms. The minimum atomic E-state index is -4.77. The zero-order valence-electron chi connectivity index (χ0n) is 11.0. The number of carboxylic acids is 1. The summed E-state index contributed by atoms with van der Waals surface area (Å²) in [6.07, 6.45) is 1.33. The van der Waals surface area contributed by atoms with Gasteiger partial charge in [0.2, 0.25) is 0 Å². The molecule has 0 aliphatic heterocycles. The van der Waals surface area contributed by atoms with Gasteiger partial charge in [-0.25, -0.2) is 0 Å². The van der Waals surface area contributed by atoms with Crippen LogP contribution in [0.25, 0.3) is 0 Å². The first-order valence-electron chi connectivity index (χ1n) is 5.99. The number of esters is 1. The molecule has 0 bridgehead atoms. The monoisotopic (exact) mass is 296 g/mol. The second kappa shape index (κ2) is 8.11. The van der Waals surface area contributed by atoms with E-state index in [4.69, 9.17) is 9.66 Å². The van der Waals surface area contributed by atoms with Gasteiger partial charge in [0.15, 0.2) is 5.25 Å². The molecule has 0 amide bonds. The molecule has 0 aromatic rings. The summed E-state index contributed by atoms with van der Waals surface area (Å²) >= 11 is 0. The first-order valence-corrected chi connectivity index (χ1v) is 7.49. The number of carbonyl (C=O) groups is 2. The Morgan fingerprint density at radius 2 is 1.79 bits per heavy atom. The summed E-state index contributed by atoms with van der Waals surface area (Å²) in [6, 6.07) is 0. The fourth-order valence-corrected chi connectivity index (χ4v) is 2.05. The van der Waals surface area contributed by atoms with E-state index in [-0.39, 0.29) is 6.61 Å². The van der Waals surface area contributed by atoms with E-state index < -0.39 is 33.7 Å². The molecule has 0 aromatic heterocycles. The fraction of sp³-hybridized carbons (Fsp3) is 0.818. The Hall–Kier alpha value is -1.15. The van der Waals surface area contributed by atoms with Gasteiger partial charge in [0.05, 0.1) is 13.0 Å². The number of carboxylic acid groups (broad SMARTS) is 1. The molecule has 112 valence electrons. The van der Waals surface area contributed by atoms with E-state index in [0.29, 0.717) is 12.3 Å². The molecule has 1 atom stereocenters. The van der Waals surface area contributed by atoms with Crippen LogP contribution in [0.3, 0.4) is 0 Å². The number of hydrogen-bond donors (Lipinski definition) is 2. The molecule has 0 aliphatic rings. The lowest BCUT2D eigenvalue weighted by Gasteiger charge is -2.11. The average Bonchev–Trinajstić information content (AvgIpc) is 2.23. The third kappa shape index (κ3) is 8.55. The number of rotatable bonds is 9. The predicted octanol–water partition coefficient (Wildman–Crippen LogP) is 1.09. The summed E-state index contributed by atoms with van der Waals surface area (Å²) in [5.74, 6) is -2.21. The van der Waals surface area contributed by atoms with Crippen molar-refractivity contribution >= 4 is 22.1 Å². The van der Waals surface area contributed by atoms with Gasteiger partial charge in [0.1, 0.15) is 0 Å². The molecule has 7 nitrogen and oxygen atoms in total. The van der Waals surface area contributed by atoms with Crippen LogP contribution in [0.1, 0.15) is 39.5 Å². The molecule has 0 saturated heterocycles. The first-order chi connectivity index (χ1) is 8.64. The first kappa shape index (κ1) is 17.8. The third-order valence-corrected chi connectivity index (χ3v) is 3.48. The molecule has 0 rings (SSSR count). The van der Waals surface area contributed by atoms with Crippen LogP contribution in [0.4, 0.5) is 0 Å². The van der Waals surface area contributed by atoms with Gasteiger partial charge < -0.3 is 9.84 Å². The van der Waals surface area contributed by atoms with Gasteiger partial charge in [-0.3, -0.25) is 14.1 Å². The topological polar surface area (TPSA) is 118 Å². The molecular weight excluding hydrogens is 276 g/mol. The zero-order chi connectivity index (χ0) is 15.1. The minimum Gasteiger partial charge on any atom is -0.481 e. The second-order valence-electron chi connectivity index (χ2n) is 4.66. The number of aliphatic carboxylic acids is 1. The Morgan fingerprint density at radius 3 is 2.21 bits per heavy atom. The van der Waals surface area contributed by atoms with Crippen molar-refractivity contribution in [3.63, 3.8) is 0 Å². The van der Waals surface area contributed by atoms with Crippen LogP contribution in [0.2, 0.25) is 0 Å². The molecule has 0 saturated carbocycles. The highest BCUT2D eigenvalue weighted by Crippen LogP contribution is 2.09. The molecule has 0 spiro atoms. The summed E-state index contributed by atoms with van der Waals surface area (Å²) in [4.78, 5) is 21.8. The van der Waals surface area contributed by atoms with E-state index in [1.54, 1.807) is 0 Å². The number of ether oxygens (including phenoxy) is 1. The van der Waals surface area contributed by atoms with Gasteiger partial charge in [-0.2, -0.15) is 8.42 Å². The SMILES string of the molecule is CC(C)CCCCOC(=O)C(CC(=O)O)S(=O)(=O)O. The summed E-state index contributed by atoms with van der Waals surface area (Å²) in [6.45, 7) is 4.11. The maximum Gasteiger partial charge on any atom is 0.327 e. The van der Waals surface area contributed by atoms with E-state index in [2.05, 4.69) is 4.74 Å². The molecule has 2 N–H and O–H groups in total. The highest BCUT2D eigenvalue weighted by molar-refractivity contribution is 7.87. The van der Waals surface area contributed by atoms with Crippen molar-refractivity contribution in [3.05, 3.63) is 0 Å². The quantitative estimate of drug-likeness (QED) is 0.371. The van der Waals surface area contributed by atoms with E-state index in [0.717, 1.165) is 12.8 Å². The zero-order valence-corrected chi connectivity index (χ0v) is 11.9. The Balaban J connectivity index is 4.24. The minimum absolute atomic E-state index is 0.0111. The smallest absolute Gasteiger partial charge is 0.327 e. The van der Waals surface area contributed by atoms with Gasteiger partial charge in [-0.15, -0.1) is 0 Å². The average molecular weight is 296 g/mol. The maximum atomic E-state index is 11.4. The van der Waals surface area contributed by atoms with Crippen molar-refractivity contribution in [1.82, 2.24) is 0 Å². The van der Waals surface area contributed by atoms with Crippen LogP contribution in [0.15, 0.2) is 0 Å². The summed E-state index contributed by atoms with van der Waals surface area (Å²) in [5.41, 5.74) is 0. The molecule has 1 unspecified atom stereocenters. The maximum absolute atomic E-state index is 11.4. The van der Waals surface area contributed by atoms with Crippen molar-refractivity contribution in [2.75, 3.05) is 6.61 Å². The van der Waals surface area contributed by atoms with Crippen LogP contribution < -0.4 is 0 Å². The highest BCUT2D eigenvalue weighted by atomic mass is 32.2. The summed E-state index contributed by atoms with van der Waals surface area (Å²) < 4.78 is 35.2. The number of hydrogen-bond acceptors (Lipinski definition) is 5. The molecular formula is C11H20O7S. The Morgan fingerprint density at radius 1 is 1.21 bits per heavy atom. The largest absolute Gasteiger partial charge is 0.481 e. The van der Waals surface area contributed by atoms with Crippen molar-refractivity contribution in [2.24, 2.45) is 5.92 Å². The third-order valence-electron chi connectivity index (χ3n) is 2.40. The Bertz CT molecular complexity index is 399. The van der Waals surface area contributed by atoms with Crippen LogP contribution >= 0.6 is 0 Å². The standard InChI is InChI=1S/C11H20O7S/c1-8(2)5-3-4-6-18-11(14)9(7-10(12)13)19(15,16)17/h8-9H,3-7H2,1-2H3,(H,12,13)(H,15,16,17). The second-order valence-corrected chi connectivity index (χ2v) is 6.26. The van der Waals surface area contributed by atoms with Crippen molar-refractivity contribution in [2.45, 2.75) is 44.8 Å². The van der Waals surface area contributed by atoms with Crippen LogP contribution in [0, 0.1) is 5.92 Å². The van der Waals surface area contributed by atoms with Gasteiger partial charge in [-0.1, -0.05) is 20.3 Å². The molecule has 0 fully saturated rings. The van der Waals surface area contributed by atoms with E-state index >= 15 is 0 Å².